The molecule has 0 spiro atoms. The van der Waals surface area contributed by atoms with Crippen molar-refractivity contribution in [1.82, 2.24) is 4.98 Å². The lowest BCUT2D eigenvalue weighted by Crippen LogP contribution is -2.13. The van der Waals surface area contributed by atoms with E-state index in [4.69, 9.17) is 11.6 Å². The van der Waals surface area contributed by atoms with Crippen molar-refractivity contribution in [1.29, 1.82) is 0 Å². The summed E-state index contributed by atoms with van der Waals surface area (Å²) in [5.74, 6) is 0.295. The van der Waals surface area contributed by atoms with Gasteiger partial charge >= 0.3 is 0 Å². The molecule has 1 atom stereocenters. The molecule has 0 aliphatic heterocycles. The summed E-state index contributed by atoms with van der Waals surface area (Å²) >= 11 is 5.85. The third-order valence-corrected chi connectivity index (χ3v) is 3.17. The SMILES string of the molecule is C[C@@H](O)CCNc1cc(Cl)ncc1C(=O)C1CC1. The Morgan fingerprint density at radius 1 is 1.67 bits per heavy atom. The van der Waals surface area contributed by atoms with Gasteiger partial charge in [-0.25, -0.2) is 4.98 Å². The third kappa shape index (κ3) is 3.43. The second-order valence-corrected chi connectivity index (χ2v) is 5.14. The van der Waals surface area contributed by atoms with Crippen molar-refractivity contribution in [2.75, 3.05) is 11.9 Å². The van der Waals surface area contributed by atoms with Crippen LogP contribution in [0.1, 0.15) is 36.5 Å². The highest BCUT2D eigenvalue weighted by atomic mass is 35.5. The fourth-order valence-corrected chi connectivity index (χ4v) is 1.91. The van der Waals surface area contributed by atoms with Crippen LogP contribution in [-0.2, 0) is 0 Å². The number of aliphatic hydroxyl groups is 1. The Morgan fingerprint density at radius 3 is 3.00 bits per heavy atom. The minimum Gasteiger partial charge on any atom is -0.393 e. The fraction of sp³-hybridized carbons (Fsp3) is 0.538. The van der Waals surface area contributed by atoms with Gasteiger partial charge in [0.2, 0.25) is 0 Å². The molecule has 5 heteroatoms. The minimum absolute atomic E-state index is 0.138. The average Bonchev–Trinajstić information content (AvgIpc) is 3.11. The van der Waals surface area contributed by atoms with Gasteiger partial charge in [-0.3, -0.25) is 4.79 Å². The van der Waals surface area contributed by atoms with Crippen LogP contribution in [-0.4, -0.2) is 28.5 Å². The number of aliphatic hydroxyl groups excluding tert-OH is 1. The first-order chi connectivity index (χ1) is 8.58. The molecule has 0 saturated heterocycles. The van der Waals surface area contributed by atoms with E-state index in [1.165, 1.54) is 6.20 Å². The second kappa shape index (κ2) is 5.67. The Balaban J connectivity index is 2.10. The van der Waals surface area contributed by atoms with Gasteiger partial charge in [-0.15, -0.1) is 0 Å². The standard InChI is InChI=1S/C13H17ClN2O2/c1-8(17)4-5-15-11-6-12(14)16-7-10(11)13(18)9-2-3-9/h6-9,17H,2-5H2,1H3,(H,15,16)/t8-/m1/s1. The van der Waals surface area contributed by atoms with Crippen molar-refractivity contribution in [2.45, 2.75) is 32.3 Å². The molecule has 1 aliphatic carbocycles. The molecule has 98 valence electrons. The first kappa shape index (κ1) is 13.3. The molecule has 0 radical (unpaired) electrons. The van der Waals surface area contributed by atoms with Crippen molar-refractivity contribution in [2.24, 2.45) is 5.92 Å². The normalized spacial score (nSPS) is 16.4. The van der Waals surface area contributed by atoms with Gasteiger partial charge in [0, 0.05) is 24.3 Å². The number of nitrogens with one attached hydrogen (secondary N) is 1. The maximum atomic E-state index is 12.1. The van der Waals surface area contributed by atoms with Crippen molar-refractivity contribution >= 4 is 23.1 Å². The van der Waals surface area contributed by atoms with E-state index >= 15 is 0 Å². The monoisotopic (exact) mass is 268 g/mol. The van der Waals surface area contributed by atoms with E-state index in [0.29, 0.717) is 29.4 Å². The molecule has 4 nitrogen and oxygen atoms in total. The van der Waals surface area contributed by atoms with E-state index in [9.17, 15) is 9.90 Å². The number of halogens is 1. The van der Waals surface area contributed by atoms with Crippen LogP contribution in [0.3, 0.4) is 0 Å². The third-order valence-electron chi connectivity index (χ3n) is 2.96. The summed E-state index contributed by atoms with van der Waals surface area (Å²) < 4.78 is 0. The molecule has 0 bridgehead atoms. The summed E-state index contributed by atoms with van der Waals surface area (Å²) in [6, 6.07) is 1.67. The number of ketones is 1. The van der Waals surface area contributed by atoms with Crippen molar-refractivity contribution in [3.63, 3.8) is 0 Å². The zero-order chi connectivity index (χ0) is 13.1. The van der Waals surface area contributed by atoms with Crippen LogP contribution in [0.2, 0.25) is 5.15 Å². The largest absolute Gasteiger partial charge is 0.393 e. The van der Waals surface area contributed by atoms with E-state index in [2.05, 4.69) is 10.3 Å². The number of carbonyl (C=O) groups is 1. The van der Waals surface area contributed by atoms with Gasteiger partial charge in [0.05, 0.1) is 11.7 Å². The molecule has 0 amide bonds. The Bertz CT molecular complexity index is 445. The van der Waals surface area contributed by atoms with Gasteiger partial charge < -0.3 is 10.4 Å². The number of carbonyl (C=O) groups excluding carboxylic acids is 1. The zero-order valence-corrected chi connectivity index (χ0v) is 11.1. The molecular formula is C13H17ClN2O2. The first-order valence-corrected chi connectivity index (χ1v) is 6.57. The number of nitrogens with zero attached hydrogens (tertiary/aromatic N) is 1. The van der Waals surface area contributed by atoms with Crippen molar-refractivity contribution in [3.05, 3.63) is 23.0 Å². The lowest BCUT2D eigenvalue weighted by Gasteiger charge is -2.12. The fourth-order valence-electron chi connectivity index (χ4n) is 1.75. The Labute approximate surface area is 111 Å². The van der Waals surface area contributed by atoms with Crippen molar-refractivity contribution < 1.29 is 9.90 Å². The summed E-state index contributed by atoms with van der Waals surface area (Å²) in [5, 5.41) is 12.7. The second-order valence-electron chi connectivity index (χ2n) is 4.76. The molecule has 1 heterocycles. The van der Waals surface area contributed by atoms with E-state index in [-0.39, 0.29) is 17.8 Å². The number of rotatable bonds is 6. The van der Waals surface area contributed by atoms with E-state index in [0.717, 1.165) is 12.8 Å². The molecule has 0 aromatic carbocycles. The average molecular weight is 269 g/mol. The summed E-state index contributed by atoms with van der Waals surface area (Å²) in [7, 11) is 0. The number of Topliss-reactive ketones (excluding diaryl/α,β-unsaturated/α-hetero) is 1. The number of anilines is 1. The molecule has 1 saturated carbocycles. The lowest BCUT2D eigenvalue weighted by molar-refractivity contribution is 0.0968. The van der Waals surface area contributed by atoms with Crippen LogP contribution in [0, 0.1) is 5.92 Å². The summed E-state index contributed by atoms with van der Waals surface area (Å²) in [6.45, 7) is 2.33. The van der Waals surface area contributed by atoms with Crippen LogP contribution < -0.4 is 5.32 Å². The highest BCUT2D eigenvalue weighted by Gasteiger charge is 2.32. The highest BCUT2D eigenvalue weighted by Crippen LogP contribution is 2.34. The van der Waals surface area contributed by atoms with Gasteiger partial charge in [0.15, 0.2) is 5.78 Å². The lowest BCUT2D eigenvalue weighted by atomic mass is 10.1. The summed E-state index contributed by atoms with van der Waals surface area (Å²) in [5.41, 5.74) is 1.32. The van der Waals surface area contributed by atoms with Gasteiger partial charge in [-0.05, 0) is 32.3 Å². The van der Waals surface area contributed by atoms with E-state index in [1.807, 2.05) is 0 Å². The molecule has 2 rings (SSSR count). The molecule has 1 aromatic heterocycles. The van der Waals surface area contributed by atoms with Gasteiger partial charge in [-0.2, -0.15) is 0 Å². The molecule has 18 heavy (non-hydrogen) atoms. The molecule has 1 aromatic rings. The van der Waals surface area contributed by atoms with Gasteiger partial charge in [0.1, 0.15) is 5.15 Å². The summed E-state index contributed by atoms with van der Waals surface area (Å²) in [4.78, 5) is 16.0. The maximum absolute atomic E-state index is 12.1. The minimum atomic E-state index is -0.364. The van der Waals surface area contributed by atoms with Crippen molar-refractivity contribution in [3.8, 4) is 0 Å². The van der Waals surface area contributed by atoms with E-state index < -0.39 is 0 Å². The topological polar surface area (TPSA) is 62.2 Å². The zero-order valence-electron chi connectivity index (χ0n) is 10.3. The predicted octanol–water partition coefficient (Wildman–Crippen LogP) is 2.51. The molecule has 2 N–H and O–H groups in total. The maximum Gasteiger partial charge on any atom is 0.169 e. The molecular weight excluding hydrogens is 252 g/mol. The van der Waals surface area contributed by atoms with Crippen LogP contribution in [0.25, 0.3) is 0 Å². The Morgan fingerprint density at radius 2 is 2.39 bits per heavy atom. The van der Waals surface area contributed by atoms with Gasteiger partial charge in [-0.1, -0.05) is 11.6 Å². The van der Waals surface area contributed by atoms with Crippen LogP contribution in [0.4, 0.5) is 5.69 Å². The van der Waals surface area contributed by atoms with Crippen LogP contribution in [0.15, 0.2) is 12.3 Å². The van der Waals surface area contributed by atoms with Crippen LogP contribution >= 0.6 is 11.6 Å². The number of hydrogen-bond donors (Lipinski definition) is 2. The Kier molecular flexibility index (Phi) is 4.19. The number of aromatic nitrogens is 1. The van der Waals surface area contributed by atoms with Crippen LogP contribution in [0.5, 0.6) is 0 Å². The predicted molar refractivity (Wildman–Crippen MR) is 71.1 cm³/mol. The quantitative estimate of drug-likeness (QED) is 0.615. The highest BCUT2D eigenvalue weighted by molar-refractivity contribution is 6.29. The summed E-state index contributed by atoms with van der Waals surface area (Å²) in [6.07, 6.45) is 3.73. The van der Waals surface area contributed by atoms with Gasteiger partial charge in [0.25, 0.3) is 0 Å². The first-order valence-electron chi connectivity index (χ1n) is 6.19. The number of pyridine rings is 1. The van der Waals surface area contributed by atoms with E-state index in [1.54, 1.807) is 13.0 Å². The number of hydrogen-bond acceptors (Lipinski definition) is 4. The Hall–Kier alpha value is -1.13. The molecule has 1 aliphatic rings. The molecule has 0 unspecified atom stereocenters. The smallest absolute Gasteiger partial charge is 0.169 e. The molecule has 1 fully saturated rings.